The van der Waals surface area contributed by atoms with Crippen molar-refractivity contribution in [1.29, 1.82) is 0 Å². The van der Waals surface area contributed by atoms with E-state index in [0.717, 1.165) is 18.8 Å². The van der Waals surface area contributed by atoms with E-state index in [0.29, 0.717) is 22.0 Å². The van der Waals surface area contributed by atoms with Crippen molar-refractivity contribution in [2.24, 2.45) is 0 Å². The molecule has 0 spiro atoms. The first kappa shape index (κ1) is 17.3. The quantitative estimate of drug-likeness (QED) is 0.836. The molecule has 0 unspecified atom stereocenters. The van der Waals surface area contributed by atoms with Crippen molar-refractivity contribution in [3.63, 3.8) is 0 Å². The average molecular weight is 365 g/mol. The van der Waals surface area contributed by atoms with Crippen LogP contribution in [-0.2, 0) is 0 Å². The highest BCUT2D eigenvalue weighted by Gasteiger charge is 2.36. The second-order valence-electron chi connectivity index (χ2n) is 6.14. The van der Waals surface area contributed by atoms with Gasteiger partial charge in [0.05, 0.1) is 5.69 Å². The fraction of sp³-hybridized carbons (Fsp3) is 0.412. The molecular formula is C17H21ClN4OS. The standard InChI is InChI=1S/C17H21ClN4OS/c1-20(2)15-10-21(11-16(15)24-3)17(23)14-7-8-22(19-14)13-6-4-5-12(18)9-13/h4-9,15-16H,10-11H2,1-3H3/t15-,16+/m1/s1. The van der Waals surface area contributed by atoms with Gasteiger partial charge in [-0.15, -0.1) is 0 Å². The van der Waals surface area contributed by atoms with Gasteiger partial charge >= 0.3 is 0 Å². The van der Waals surface area contributed by atoms with E-state index < -0.39 is 0 Å². The lowest BCUT2D eigenvalue weighted by Gasteiger charge is -2.23. The Labute approximate surface area is 151 Å². The lowest BCUT2D eigenvalue weighted by Crippen LogP contribution is -2.37. The number of hydrogen-bond acceptors (Lipinski definition) is 4. The van der Waals surface area contributed by atoms with E-state index >= 15 is 0 Å². The maximum atomic E-state index is 12.8. The molecular weight excluding hydrogens is 344 g/mol. The maximum absolute atomic E-state index is 12.8. The van der Waals surface area contributed by atoms with E-state index in [2.05, 4.69) is 30.3 Å². The molecule has 128 valence electrons. The number of carbonyl (C=O) groups is 1. The van der Waals surface area contributed by atoms with Crippen LogP contribution in [0.4, 0.5) is 0 Å². The molecule has 5 nitrogen and oxygen atoms in total. The summed E-state index contributed by atoms with van der Waals surface area (Å²) in [4.78, 5) is 16.9. The van der Waals surface area contributed by atoms with Crippen LogP contribution in [0.3, 0.4) is 0 Å². The van der Waals surface area contributed by atoms with Crippen molar-refractivity contribution in [2.75, 3.05) is 33.4 Å². The summed E-state index contributed by atoms with van der Waals surface area (Å²) in [5, 5.41) is 5.51. The van der Waals surface area contributed by atoms with Crippen molar-refractivity contribution in [3.05, 3.63) is 47.2 Å². The van der Waals surface area contributed by atoms with Gasteiger partial charge in [0.25, 0.3) is 5.91 Å². The number of nitrogens with zero attached hydrogens (tertiary/aromatic N) is 4. The summed E-state index contributed by atoms with van der Waals surface area (Å²) in [5.74, 6) is -0.0146. The zero-order chi connectivity index (χ0) is 17.3. The SMILES string of the molecule is CS[C@H]1CN(C(=O)c2ccn(-c3cccc(Cl)c3)n2)C[C@H]1N(C)C. The third-order valence-corrected chi connectivity index (χ3v) is 5.67. The van der Waals surface area contributed by atoms with Crippen LogP contribution in [0.5, 0.6) is 0 Å². The highest BCUT2D eigenvalue weighted by molar-refractivity contribution is 7.99. The van der Waals surface area contributed by atoms with Crippen molar-refractivity contribution < 1.29 is 4.79 Å². The maximum Gasteiger partial charge on any atom is 0.274 e. The van der Waals surface area contributed by atoms with E-state index in [9.17, 15) is 4.79 Å². The van der Waals surface area contributed by atoms with Gasteiger partial charge in [0, 0.05) is 35.6 Å². The topological polar surface area (TPSA) is 41.4 Å². The Morgan fingerprint density at radius 2 is 2.12 bits per heavy atom. The van der Waals surface area contributed by atoms with Crippen molar-refractivity contribution in [1.82, 2.24) is 19.6 Å². The predicted molar refractivity (Wildman–Crippen MR) is 99.3 cm³/mol. The van der Waals surface area contributed by atoms with Crippen LogP contribution in [0.2, 0.25) is 5.02 Å². The minimum atomic E-state index is -0.0146. The number of hydrogen-bond donors (Lipinski definition) is 0. The summed E-state index contributed by atoms with van der Waals surface area (Å²) in [6.45, 7) is 1.49. The highest BCUT2D eigenvalue weighted by atomic mass is 35.5. The Morgan fingerprint density at radius 3 is 2.75 bits per heavy atom. The Balaban J connectivity index is 1.77. The van der Waals surface area contributed by atoms with Gasteiger partial charge in [0.15, 0.2) is 5.69 Å². The first-order chi connectivity index (χ1) is 11.5. The largest absolute Gasteiger partial charge is 0.334 e. The molecule has 3 rings (SSSR count). The zero-order valence-electron chi connectivity index (χ0n) is 14.0. The number of rotatable bonds is 4. The summed E-state index contributed by atoms with van der Waals surface area (Å²) in [6, 6.07) is 9.56. The lowest BCUT2D eigenvalue weighted by atomic mass is 10.2. The van der Waals surface area contributed by atoms with Gasteiger partial charge in [0.2, 0.25) is 0 Å². The Kier molecular flexibility index (Phi) is 5.18. The zero-order valence-corrected chi connectivity index (χ0v) is 15.6. The van der Waals surface area contributed by atoms with Gasteiger partial charge in [-0.25, -0.2) is 4.68 Å². The molecule has 2 aromatic rings. The second-order valence-corrected chi connectivity index (χ2v) is 7.65. The first-order valence-electron chi connectivity index (χ1n) is 7.79. The Bertz CT molecular complexity index is 733. The number of aromatic nitrogens is 2. The number of likely N-dealkylation sites (N-methyl/N-ethyl adjacent to an activating group) is 1. The molecule has 2 atom stereocenters. The van der Waals surface area contributed by atoms with Crippen LogP contribution >= 0.6 is 23.4 Å². The summed E-state index contributed by atoms with van der Waals surface area (Å²) in [5.41, 5.74) is 1.31. The van der Waals surface area contributed by atoms with Crippen LogP contribution in [0.25, 0.3) is 5.69 Å². The van der Waals surface area contributed by atoms with Crippen LogP contribution in [0.1, 0.15) is 10.5 Å². The second kappa shape index (κ2) is 7.17. The Morgan fingerprint density at radius 1 is 1.33 bits per heavy atom. The smallest absolute Gasteiger partial charge is 0.274 e. The molecule has 1 fully saturated rings. The molecule has 1 aliphatic heterocycles. The van der Waals surface area contributed by atoms with Crippen molar-refractivity contribution >= 4 is 29.3 Å². The molecule has 1 saturated heterocycles. The van der Waals surface area contributed by atoms with Crippen LogP contribution in [-0.4, -0.2) is 70.2 Å². The van der Waals surface area contributed by atoms with Gasteiger partial charge in [-0.3, -0.25) is 4.79 Å². The summed E-state index contributed by atoms with van der Waals surface area (Å²) < 4.78 is 1.69. The van der Waals surface area contributed by atoms with Gasteiger partial charge in [0.1, 0.15) is 0 Å². The van der Waals surface area contributed by atoms with Gasteiger partial charge in [-0.2, -0.15) is 16.9 Å². The van der Waals surface area contributed by atoms with E-state index in [1.165, 1.54) is 0 Å². The van der Waals surface area contributed by atoms with Crippen molar-refractivity contribution in [2.45, 2.75) is 11.3 Å². The molecule has 0 radical (unpaired) electrons. The third kappa shape index (κ3) is 3.45. The molecule has 0 aliphatic carbocycles. The molecule has 0 bridgehead atoms. The lowest BCUT2D eigenvalue weighted by molar-refractivity contribution is 0.0777. The van der Waals surface area contributed by atoms with E-state index in [-0.39, 0.29) is 5.91 Å². The normalized spacial score (nSPS) is 20.8. The fourth-order valence-electron chi connectivity index (χ4n) is 3.01. The summed E-state index contributed by atoms with van der Waals surface area (Å²) in [6.07, 6.45) is 3.90. The van der Waals surface area contributed by atoms with Gasteiger partial charge < -0.3 is 9.80 Å². The minimum absolute atomic E-state index is 0.0146. The van der Waals surface area contributed by atoms with E-state index in [4.69, 9.17) is 11.6 Å². The number of halogens is 1. The molecule has 2 heterocycles. The Hall–Kier alpha value is -1.50. The van der Waals surface area contributed by atoms with Crippen molar-refractivity contribution in [3.8, 4) is 5.69 Å². The first-order valence-corrected chi connectivity index (χ1v) is 9.46. The molecule has 1 aromatic carbocycles. The number of carbonyl (C=O) groups excluding carboxylic acids is 1. The molecule has 1 aromatic heterocycles. The van der Waals surface area contributed by atoms with Gasteiger partial charge in [-0.1, -0.05) is 17.7 Å². The fourth-order valence-corrected chi connectivity index (χ4v) is 4.17. The monoisotopic (exact) mass is 364 g/mol. The average Bonchev–Trinajstić information content (AvgIpc) is 3.21. The van der Waals surface area contributed by atoms with E-state index in [1.54, 1.807) is 16.9 Å². The molecule has 7 heteroatoms. The minimum Gasteiger partial charge on any atom is -0.334 e. The molecule has 24 heavy (non-hydrogen) atoms. The number of benzene rings is 1. The van der Waals surface area contributed by atoms with Crippen LogP contribution in [0, 0.1) is 0 Å². The number of likely N-dealkylation sites (tertiary alicyclic amines) is 1. The predicted octanol–water partition coefficient (Wildman–Crippen LogP) is 2.64. The summed E-state index contributed by atoms with van der Waals surface area (Å²) in [7, 11) is 4.13. The van der Waals surface area contributed by atoms with Gasteiger partial charge in [-0.05, 0) is 44.6 Å². The van der Waals surface area contributed by atoms with E-state index in [1.807, 2.05) is 40.9 Å². The number of thioether (sulfide) groups is 1. The highest BCUT2D eigenvalue weighted by Crippen LogP contribution is 2.25. The van der Waals surface area contributed by atoms with Crippen LogP contribution in [0.15, 0.2) is 36.5 Å². The molecule has 1 aliphatic rings. The third-order valence-electron chi connectivity index (χ3n) is 4.37. The summed E-state index contributed by atoms with van der Waals surface area (Å²) >= 11 is 7.84. The number of amides is 1. The molecule has 1 amide bonds. The molecule has 0 N–H and O–H groups in total. The molecule has 0 saturated carbocycles. The van der Waals surface area contributed by atoms with Crippen LogP contribution < -0.4 is 0 Å².